The summed E-state index contributed by atoms with van der Waals surface area (Å²) in [6.45, 7) is 0. The second-order valence-corrected chi connectivity index (χ2v) is 3.37. The Hall–Kier alpha value is -3.50. The van der Waals surface area contributed by atoms with Crippen LogP contribution in [0.5, 0.6) is 17.2 Å². The third-order valence-corrected chi connectivity index (χ3v) is 1.89. The maximum absolute atomic E-state index is 10.9. The van der Waals surface area contributed by atoms with Crippen LogP contribution < -0.4 is 31.4 Å². The van der Waals surface area contributed by atoms with E-state index in [4.69, 9.17) is 22.3 Å². The molecule has 1 rings (SSSR count). The number of ether oxygens (including phenoxy) is 3. The van der Waals surface area contributed by atoms with Crippen molar-refractivity contribution in [1.29, 1.82) is 0 Å². The number of hydrogen-bond donors (Lipinski definition) is 4. The largest absolute Gasteiger partial charge is 0.478 e. The first-order chi connectivity index (χ1) is 9.70. The topological polar surface area (TPSA) is 194 Å². The second-order valence-electron chi connectivity index (χ2n) is 3.37. The van der Waals surface area contributed by atoms with Gasteiger partial charge in [0.2, 0.25) is 5.75 Å². The standard InChI is InChI=1S/C10H9N3O8/c11-8(16)19-4-1-3(7(14)15)2-5(20-9(12)17)6(4)21-10(13)18/h1-2H,(H2,11,16)(H2,12,17)(H2,13,18)(H,14,15). The summed E-state index contributed by atoms with van der Waals surface area (Å²) in [5.41, 5.74) is 13.9. The minimum atomic E-state index is -1.45. The van der Waals surface area contributed by atoms with E-state index in [0.717, 1.165) is 12.1 Å². The first-order valence-electron chi connectivity index (χ1n) is 5.04. The maximum atomic E-state index is 10.9. The fourth-order valence-electron chi connectivity index (χ4n) is 1.27. The molecule has 0 aromatic heterocycles. The van der Waals surface area contributed by atoms with Gasteiger partial charge in [0.1, 0.15) is 0 Å². The quantitative estimate of drug-likeness (QED) is 0.584. The van der Waals surface area contributed by atoms with Gasteiger partial charge in [0.15, 0.2) is 11.5 Å². The van der Waals surface area contributed by atoms with Gasteiger partial charge < -0.3 is 36.5 Å². The highest BCUT2D eigenvalue weighted by atomic mass is 16.6. The van der Waals surface area contributed by atoms with Gasteiger partial charge in [0.25, 0.3) is 0 Å². The summed E-state index contributed by atoms with van der Waals surface area (Å²) in [6, 6.07) is 1.61. The first kappa shape index (κ1) is 15.6. The van der Waals surface area contributed by atoms with Gasteiger partial charge in [-0.05, 0) is 12.1 Å². The molecule has 0 spiro atoms. The zero-order valence-electron chi connectivity index (χ0n) is 10.2. The molecule has 7 N–H and O–H groups in total. The molecule has 0 aliphatic rings. The Labute approximate surface area is 116 Å². The van der Waals surface area contributed by atoms with E-state index in [-0.39, 0.29) is 0 Å². The SMILES string of the molecule is NC(=O)Oc1cc(C(=O)O)cc(OC(N)=O)c1OC(N)=O. The summed E-state index contributed by atoms with van der Waals surface area (Å²) >= 11 is 0. The first-order valence-corrected chi connectivity index (χ1v) is 5.04. The van der Waals surface area contributed by atoms with Crippen molar-refractivity contribution >= 4 is 24.2 Å². The molecule has 21 heavy (non-hydrogen) atoms. The lowest BCUT2D eigenvalue weighted by Gasteiger charge is -2.13. The predicted octanol–water partition coefficient (Wildman–Crippen LogP) is -0.243. The van der Waals surface area contributed by atoms with Crippen LogP contribution in [0.25, 0.3) is 0 Å². The number of carbonyl (C=O) groups is 4. The van der Waals surface area contributed by atoms with Crippen molar-refractivity contribution in [3.05, 3.63) is 17.7 Å². The smallest absolute Gasteiger partial charge is 0.410 e. The van der Waals surface area contributed by atoms with Crippen LogP contribution in [0.3, 0.4) is 0 Å². The van der Waals surface area contributed by atoms with Gasteiger partial charge in [-0.2, -0.15) is 0 Å². The van der Waals surface area contributed by atoms with Crippen molar-refractivity contribution in [2.45, 2.75) is 0 Å². The van der Waals surface area contributed by atoms with E-state index < -0.39 is 47.1 Å². The van der Waals surface area contributed by atoms with Crippen molar-refractivity contribution in [3.63, 3.8) is 0 Å². The van der Waals surface area contributed by atoms with E-state index in [2.05, 4.69) is 14.2 Å². The number of benzene rings is 1. The van der Waals surface area contributed by atoms with Gasteiger partial charge in [0.05, 0.1) is 5.56 Å². The van der Waals surface area contributed by atoms with E-state index in [1.54, 1.807) is 0 Å². The molecule has 112 valence electrons. The second kappa shape index (κ2) is 6.10. The molecule has 3 amide bonds. The number of rotatable bonds is 4. The molecular weight excluding hydrogens is 290 g/mol. The van der Waals surface area contributed by atoms with Crippen molar-refractivity contribution in [2.24, 2.45) is 17.2 Å². The molecular formula is C10H9N3O8. The highest BCUT2D eigenvalue weighted by Gasteiger charge is 2.22. The van der Waals surface area contributed by atoms with Crippen molar-refractivity contribution < 1.29 is 38.5 Å². The van der Waals surface area contributed by atoms with Gasteiger partial charge in [-0.1, -0.05) is 0 Å². The maximum Gasteiger partial charge on any atom is 0.410 e. The molecule has 0 saturated heterocycles. The Kier molecular flexibility index (Phi) is 4.52. The molecule has 0 atom stereocenters. The van der Waals surface area contributed by atoms with E-state index in [0.29, 0.717) is 0 Å². The number of hydrogen-bond acceptors (Lipinski definition) is 7. The predicted molar refractivity (Wildman–Crippen MR) is 64.0 cm³/mol. The van der Waals surface area contributed by atoms with E-state index in [9.17, 15) is 19.2 Å². The summed E-state index contributed by atoms with van der Waals surface area (Å²) in [5.74, 6) is -3.29. The third-order valence-electron chi connectivity index (χ3n) is 1.89. The molecule has 0 aliphatic carbocycles. The summed E-state index contributed by atoms with van der Waals surface area (Å²) in [5, 5.41) is 8.90. The van der Waals surface area contributed by atoms with E-state index in [1.807, 2.05) is 0 Å². The lowest BCUT2D eigenvalue weighted by atomic mass is 10.2. The highest BCUT2D eigenvalue weighted by molar-refractivity contribution is 5.90. The minimum absolute atomic E-state index is 0.459. The van der Waals surface area contributed by atoms with Crippen LogP contribution in [0.4, 0.5) is 14.4 Å². The molecule has 0 heterocycles. The molecule has 1 aromatic carbocycles. The van der Waals surface area contributed by atoms with Crippen LogP contribution in [0.2, 0.25) is 0 Å². The molecule has 0 fully saturated rings. The summed E-state index contributed by atoms with van der Waals surface area (Å²) in [6.07, 6.45) is -4.02. The number of primary amides is 3. The molecule has 11 heteroatoms. The number of carboxylic acids is 1. The molecule has 1 aromatic rings. The Morgan fingerprint density at radius 3 is 1.48 bits per heavy atom. The van der Waals surface area contributed by atoms with Crippen LogP contribution in [0, 0.1) is 0 Å². The molecule has 0 radical (unpaired) electrons. The van der Waals surface area contributed by atoms with Gasteiger partial charge in [-0.15, -0.1) is 0 Å². The van der Waals surface area contributed by atoms with E-state index >= 15 is 0 Å². The van der Waals surface area contributed by atoms with Crippen LogP contribution in [-0.2, 0) is 0 Å². The summed E-state index contributed by atoms with van der Waals surface area (Å²) in [7, 11) is 0. The number of aromatic carboxylic acids is 1. The summed E-state index contributed by atoms with van der Waals surface area (Å²) < 4.78 is 13.4. The molecule has 0 unspecified atom stereocenters. The molecule has 11 nitrogen and oxygen atoms in total. The van der Waals surface area contributed by atoms with Crippen LogP contribution >= 0.6 is 0 Å². The number of amides is 3. The average molecular weight is 299 g/mol. The number of carbonyl (C=O) groups excluding carboxylic acids is 3. The number of carboxylic acid groups (broad SMARTS) is 1. The third kappa shape index (κ3) is 4.27. The lowest BCUT2D eigenvalue weighted by molar-refractivity contribution is 0.0695. The Balaban J connectivity index is 3.50. The zero-order chi connectivity index (χ0) is 16.2. The number of nitrogens with two attached hydrogens (primary N) is 3. The van der Waals surface area contributed by atoms with Gasteiger partial charge in [0, 0.05) is 0 Å². The molecule has 0 saturated carbocycles. The Bertz CT molecular complexity index is 590. The normalized spacial score (nSPS) is 9.52. The average Bonchev–Trinajstić information content (AvgIpc) is 2.30. The van der Waals surface area contributed by atoms with Gasteiger partial charge >= 0.3 is 24.2 Å². The fraction of sp³-hybridized carbons (Fsp3) is 0. The van der Waals surface area contributed by atoms with Crippen molar-refractivity contribution in [3.8, 4) is 17.2 Å². The van der Waals surface area contributed by atoms with Crippen molar-refractivity contribution in [1.82, 2.24) is 0 Å². The van der Waals surface area contributed by atoms with Gasteiger partial charge in [-0.3, -0.25) is 0 Å². The van der Waals surface area contributed by atoms with E-state index in [1.165, 1.54) is 0 Å². The highest BCUT2D eigenvalue weighted by Crippen LogP contribution is 2.39. The fourth-order valence-corrected chi connectivity index (χ4v) is 1.27. The van der Waals surface area contributed by atoms with Crippen molar-refractivity contribution in [2.75, 3.05) is 0 Å². The van der Waals surface area contributed by atoms with Crippen LogP contribution in [0.15, 0.2) is 12.1 Å². The Morgan fingerprint density at radius 2 is 1.19 bits per heavy atom. The van der Waals surface area contributed by atoms with Crippen LogP contribution in [-0.4, -0.2) is 29.4 Å². The zero-order valence-corrected chi connectivity index (χ0v) is 10.2. The molecule has 0 bridgehead atoms. The van der Waals surface area contributed by atoms with Gasteiger partial charge in [-0.25, -0.2) is 19.2 Å². The molecule has 0 aliphatic heterocycles. The Morgan fingerprint density at radius 1 is 0.810 bits per heavy atom. The summed E-state index contributed by atoms with van der Waals surface area (Å²) in [4.78, 5) is 43.3. The minimum Gasteiger partial charge on any atom is -0.478 e. The lowest BCUT2D eigenvalue weighted by Crippen LogP contribution is -2.22. The van der Waals surface area contributed by atoms with Crippen LogP contribution in [0.1, 0.15) is 10.4 Å². The monoisotopic (exact) mass is 299 g/mol.